The normalized spacial score (nSPS) is 23.9. The lowest BCUT2D eigenvalue weighted by Gasteiger charge is -2.27. The Labute approximate surface area is 204 Å². The number of rotatable bonds is 3. The zero-order valence-electron chi connectivity index (χ0n) is 18.9. The molecule has 2 saturated heterocycles. The van der Waals surface area contributed by atoms with Crippen molar-refractivity contribution >= 4 is 34.8 Å². The second-order valence-electron chi connectivity index (χ2n) is 9.12. The van der Waals surface area contributed by atoms with E-state index in [0.29, 0.717) is 5.56 Å². The molecule has 3 atom stereocenters. The minimum Gasteiger partial charge on any atom is -0.349 e. The number of ether oxygens (including phenoxy) is 1. The van der Waals surface area contributed by atoms with Crippen molar-refractivity contribution in [3.05, 3.63) is 105 Å². The molecule has 0 bridgehead atoms. The van der Waals surface area contributed by atoms with E-state index in [0.717, 1.165) is 10.5 Å². The molecule has 178 valence electrons. The highest BCUT2D eigenvalue weighted by Gasteiger charge is 2.74. The number of benzene rings is 3. The van der Waals surface area contributed by atoms with Gasteiger partial charge in [-0.05, 0) is 30.2 Å². The summed E-state index contributed by atoms with van der Waals surface area (Å²) in [6.45, 7) is 1.82. The van der Waals surface area contributed by atoms with Crippen molar-refractivity contribution in [1.82, 2.24) is 0 Å². The molecule has 9 heteroatoms. The van der Waals surface area contributed by atoms with Gasteiger partial charge in [0.05, 0.1) is 28.6 Å². The summed E-state index contributed by atoms with van der Waals surface area (Å²) in [6.07, 6.45) is -1.02. The van der Waals surface area contributed by atoms with E-state index in [1.54, 1.807) is 24.3 Å². The van der Waals surface area contributed by atoms with Gasteiger partial charge in [0, 0.05) is 23.3 Å². The zero-order valence-corrected chi connectivity index (χ0v) is 18.9. The van der Waals surface area contributed by atoms with Crippen molar-refractivity contribution in [3.8, 4) is 0 Å². The first-order chi connectivity index (χ1) is 17.3. The summed E-state index contributed by atoms with van der Waals surface area (Å²) in [4.78, 5) is 66.6. The van der Waals surface area contributed by atoms with Gasteiger partial charge in [0.2, 0.25) is 29.0 Å². The Bertz CT molecular complexity index is 1480. The summed E-state index contributed by atoms with van der Waals surface area (Å²) in [6, 6.07) is 18.4. The summed E-state index contributed by atoms with van der Waals surface area (Å²) < 4.78 is 6.27. The number of non-ortho nitro benzene ring substituents is 1. The number of Topliss-reactive ketones (excluding diaryl/α,β-unsaturated/α-hetero) is 2. The van der Waals surface area contributed by atoms with Crippen LogP contribution in [-0.4, -0.2) is 33.9 Å². The maximum Gasteiger partial charge on any atom is 0.269 e. The van der Waals surface area contributed by atoms with Gasteiger partial charge in [0.1, 0.15) is 0 Å². The average Bonchev–Trinajstić information content (AvgIpc) is 3.44. The van der Waals surface area contributed by atoms with Crippen molar-refractivity contribution in [1.29, 1.82) is 0 Å². The Balaban J connectivity index is 1.53. The van der Waals surface area contributed by atoms with Gasteiger partial charge in [-0.15, -0.1) is 0 Å². The fourth-order valence-corrected chi connectivity index (χ4v) is 5.68. The molecule has 2 aliphatic heterocycles. The third kappa shape index (κ3) is 2.68. The molecule has 3 aromatic rings. The first kappa shape index (κ1) is 22.0. The van der Waals surface area contributed by atoms with Gasteiger partial charge in [0.15, 0.2) is 0 Å². The minimum atomic E-state index is -2.16. The number of carbonyl (C=O) groups excluding carboxylic acids is 4. The number of nitro groups is 1. The number of amides is 2. The van der Waals surface area contributed by atoms with Gasteiger partial charge in [-0.25, -0.2) is 4.90 Å². The van der Waals surface area contributed by atoms with Crippen molar-refractivity contribution < 1.29 is 28.8 Å². The van der Waals surface area contributed by atoms with Gasteiger partial charge < -0.3 is 4.74 Å². The van der Waals surface area contributed by atoms with Crippen molar-refractivity contribution in [3.63, 3.8) is 0 Å². The number of anilines is 1. The number of carbonyl (C=O) groups is 4. The van der Waals surface area contributed by atoms with Crippen molar-refractivity contribution in [2.24, 2.45) is 11.8 Å². The number of aryl methyl sites for hydroxylation is 1. The van der Waals surface area contributed by atoms with E-state index in [9.17, 15) is 29.3 Å². The quantitative estimate of drug-likeness (QED) is 0.242. The highest BCUT2D eigenvalue weighted by atomic mass is 16.6. The fraction of sp³-hybridized carbons (Fsp3) is 0.185. The standard InChI is InChI=1S/C27H18N2O7/c1-14-6-2-3-7-17(14)22-20-21(27(36-22)23(30)18-8-4-5-9-19(18)24(27)31)26(33)28(25(20)32)15-10-12-16(13-11-15)29(34)35/h2-13,20-22H,1H3/t20-,21+,22-/m1/s1. The summed E-state index contributed by atoms with van der Waals surface area (Å²) in [5.74, 6) is -5.15. The van der Waals surface area contributed by atoms with Crippen molar-refractivity contribution in [2.75, 3.05) is 4.90 Å². The van der Waals surface area contributed by atoms with Crippen LogP contribution in [0.3, 0.4) is 0 Å². The van der Waals surface area contributed by atoms with E-state index in [2.05, 4.69) is 0 Å². The molecule has 0 saturated carbocycles. The Morgan fingerprint density at radius 3 is 2.00 bits per heavy atom. The predicted octanol–water partition coefficient (Wildman–Crippen LogP) is 3.60. The lowest BCUT2D eigenvalue weighted by molar-refractivity contribution is -0.384. The van der Waals surface area contributed by atoms with E-state index in [4.69, 9.17) is 4.74 Å². The van der Waals surface area contributed by atoms with Crippen LogP contribution < -0.4 is 4.90 Å². The molecule has 0 unspecified atom stereocenters. The van der Waals surface area contributed by atoms with Crippen molar-refractivity contribution in [2.45, 2.75) is 18.6 Å². The van der Waals surface area contributed by atoms with Crippen LogP contribution in [0.2, 0.25) is 0 Å². The lowest BCUT2D eigenvalue weighted by Crippen LogP contribution is -2.51. The molecule has 2 fully saturated rings. The summed E-state index contributed by atoms with van der Waals surface area (Å²) >= 11 is 0. The Hall–Kier alpha value is -4.50. The summed E-state index contributed by atoms with van der Waals surface area (Å²) in [5.41, 5.74) is -0.549. The third-order valence-corrected chi connectivity index (χ3v) is 7.33. The van der Waals surface area contributed by atoms with Crippen LogP contribution in [0.15, 0.2) is 72.8 Å². The zero-order chi connectivity index (χ0) is 25.4. The van der Waals surface area contributed by atoms with Crippen LogP contribution in [0, 0.1) is 28.9 Å². The molecule has 0 aromatic heterocycles. The third-order valence-electron chi connectivity index (χ3n) is 7.33. The van der Waals surface area contributed by atoms with Crippen LogP contribution in [0.25, 0.3) is 0 Å². The molecule has 1 spiro atoms. The molecule has 3 aromatic carbocycles. The van der Waals surface area contributed by atoms with Crippen LogP contribution >= 0.6 is 0 Å². The van der Waals surface area contributed by atoms with Crippen LogP contribution in [-0.2, 0) is 14.3 Å². The van der Waals surface area contributed by atoms with Gasteiger partial charge in [0.25, 0.3) is 5.69 Å². The van der Waals surface area contributed by atoms with Crippen LogP contribution in [0.1, 0.15) is 37.9 Å². The van der Waals surface area contributed by atoms with Gasteiger partial charge in [-0.3, -0.25) is 29.3 Å². The molecule has 2 amide bonds. The van der Waals surface area contributed by atoms with E-state index >= 15 is 0 Å². The largest absolute Gasteiger partial charge is 0.349 e. The SMILES string of the molecule is Cc1ccccc1[C@H]1OC2(C(=O)c3ccccc3C2=O)[C@@H]2C(=O)N(c3ccc([N+](=O)[O-])cc3)C(=O)[C@@H]12. The molecule has 1 aliphatic carbocycles. The molecular weight excluding hydrogens is 464 g/mol. The van der Waals surface area contributed by atoms with Crippen LogP contribution in [0.5, 0.6) is 0 Å². The van der Waals surface area contributed by atoms with Gasteiger partial charge >= 0.3 is 0 Å². The van der Waals surface area contributed by atoms with E-state index in [1.807, 2.05) is 19.1 Å². The summed E-state index contributed by atoms with van der Waals surface area (Å²) in [5, 5.41) is 11.1. The molecule has 9 nitrogen and oxygen atoms in total. The molecule has 3 aliphatic rings. The number of ketones is 2. The van der Waals surface area contributed by atoms with Gasteiger partial charge in [-0.2, -0.15) is 0 Å². The monoisotopic (exact) mass is 482 g/mol. The van der Waals surface area contributed by atoms with E-state index in [1.165, 1.54) is 36.4 Å². The topological polar surface area (TPSA) is 124 Å². The molecule has 0 N–H and O–H groups in total. The fourth-order valence-electron chi connectivity index (χ4n) is 5.68. The van der Waals surface area contributed by atoms with E-state index < -0.39 is 51.8 Å². The summed E-state index contributed by atoms with van der Waals surface area (Å²) in [7, 11) is 0. The Morgan fingerprint density at radius 2 is 1.42 bits per heavy atom. The molecule has 0 radical (unpaired) electrons. The highest BCUT2D eigenvalue weighted by Crippen LogP contribution is 2.58. The Kier molecular flexibility index (Phi) is 4.58. The first-order valence-corrected chi connectivity index (χ1v) is 11.3. The number of hydrogen-bond donors (Lipinski definition) is 0. The molecular formula is C27H18N2O7. The predicted molar refractivity (Wildman–Crippen MR) is 125 cm³/mol. The van der Waals surface area contributed by atoms with Crippen LogP contribution in [0.4, 0.5) is 11.4 Å². The molecule has 6 rings (SSSR count). The number of imide groups is 1. The van der Waals surface area contributed by atoms with Gasteiger partial charge in [-0.1, -0.05) is 48.5 Å². The molecule has 2 heterocycles. The maximum atomic E-state index is 13.9. The number of fused-ring (bicyclic) bond motifs is 3. The Morgan fingerprint density at radius 1 is 0.833 bits per heavy atom. The number of hydrogen-bond acceptors (Lipinski definition) is 7. The molecule has 36 heavy (non-hydrogen) atoms. The highest BCUT2D eigenvalue weighted by molar-refractivity contribution is 6.37. The number of nitrogens with zero attached hydrogens (tertiary/aromatic N) is 2. The lowest BCUT2D eigenvalue weighted by atomic mass is 9.77. The maximum absolute atomic E-state index is 13.9. The first-order valence-electron chi connectivity index (χ1n) is 11.3. The smallest absolute Gasteiger partial charge is 0.269 e. The number of nitro benzene ring substituents is 1. The second-order valence-corrected chi connectivity index (χ2v) is 9.12. The van der Waals surface area contributed by atoms with E-state index in [-0.39, 0.29) is 22.5 Å². The minimum absolute atomic E-state index is 0.124. The average molecular weight is 482 g/mol. The second kappa shape index (κ2) is 7.50.